The van der Waals surface area contributed by atoms with Gasteiger partial charge in [0.2, 0.25) is 0 Å². The van der Waals surface area contributed by atoms with Crippen molar-refractivity contribution < 1.29 is 18.9 Å². The van der Waals surface area contributed by atoms with Crippen molar-refractivity contribution in [2.45, 2.75) is 35.8 Å². The predicted octanol–water partition coefficient (Wildman–Crippen LogP) is 9.15. The van der Waals surface area contributed by atoms with Crippen LogP contribution in [0.15, 0.2) is 48.5 Å². The summed E-state index contributed by atoms with van der Waals surface area (Å²) < 4.78 is 24.3. The van der Waals surface area contributed by atoms with Crippen molar-refractivity contribution in [1.29, 1.82) is 0 Å². The Balaban J connectivity index is 1.22. The van der Waals surface area contributed by atoms with E-state index in [9.17, 15) is 0 Å². The van der Waals surface area contributed by atoms with Gasteiger partial charge in [-0.1, -0.05) is 45.9 Å². The largest absolute Gasteiger partial charge is 0.360 e. The third-order valence-electron chi connectivity index (χ3n) is 5.96. The van der Waals surface area contributed by atoms with Crippen LogP contribution in [0.2, 0.25) is 12.1 Å². The summed E-state index contributed by atoms with van der Waals surface area (Å²) in [5, 5.41) is 2.41. The molecule has 0 bridgehead atoms. The van der Waals surface area contributed by atoms with Gasteiger partial charge in [-0.05, 0) is 75.7 Å². The van der Waals surface area contributed by atoms with Crippen LogP contribution in [0.5, 0.6) is 0 Å². The van der Waals surface area contributed by atoms with Gasteiger partial charge in [-0.3, -0.25) is 0 Å². The van der Waals surface area contributed by atoms with Gasteiger partial charge in [0.05, 0.1) is 30.4 Å². The average molecular weight is 749 g/mol. The number of para-hydroxylation sites is 2. The molecule has 4 aromatic rings. The van der Waals surface area contributed by atoms with Crippen molar-refractivity contribution in [3.05, 3.63) is 58.5 Å². The second-order valence-electron chi connectivity index (χ2n) is 8.70. The van der Waals surface area contributed by atoms with Gasteiger partial charge in [-0.25, -0.2) is 9.97 Å². The van der Waals surface area contributed by atoms with Crippen molar-refractivity contribution in [2.75, 3.05) is 39.9 Å². The minimum Gasteiger partial charge on any atom is -0.360 e. The third-order valence-corrected chi connectivity index (χ3v) is 22.5. The summed E-state index contributed by atoms with van der Waals surface area (Å²) in [6.07, 6.45) is 0. The first-order chi connectivity index (χ1) is 20.6. The van der Waals surface area contributed by atoms with E-state index in [1.54, 1.807) is 28.4 Å². The molecule has 0 aliphatic carbocycles. The Morgan fingerprint density at radius 2 is 1.02 bits per heavy atom. The quantitative estimate of drug-likeness (QED) is 0.0354. The highest BCUT2D eigenvalue weighted by molar-refractivity contribution is 9.41. The molecule has 2 unspecified atom stereocenters. The van der Waals surface area contributed by atoms with Crippen molar-refractivity contribution >= 4 is 123 Å². The van der Waals surface area contributed by atoms with Gasteiger partial charge >= 0.3 is 0 Å². The molecule has 2 heterocycles. The second-order valence-corrected chi connectivity index (χ2v) is 23.0. The lowest BCUT2D eigenvalue weighted by atomic mass is 10.2. The molecule has 2 aromatic heterocycles. The van der Waals surface area contributed by atoms with E-state index in [4.69, 9.17) is 28.9 Å². The van der Waals surface area contributed by atoms with E-state index in [-0.39, 0.29) is 11.8 Å². The van der Waals surface area contributed by atoms with Crippen LogP contribution in [0.3, 0.4) is 0 Å². The third kappa shape index (κ3) is 11.1. The fourth-order valence-electron chi connectivity index (χ4n) is 3.85. The molecular formula is C26H32N2O4S8Si2. The van der Waals surface area contributed by atoms with Gasteiger partial charge in [0, 0.05) is 51.8 Å². The zero-order valence-corrected chi connectivity index (χ0v) is 32.1. The van der Waals surface area contributed by atoms with Crippen molar-refractivity contribution in [2.24, 2.45) is 0 Å². The number of aromatic nitrogens is 2. The summed E-state index contributed by atoms with van der Waals surface area (Å²) in [4.78, 5) is 9.91. The van der Waals surface area contributed by atoms with Crippen LogP contribution in [0.25, 0.3) is 20.4 Å². The van der Waals surface area contributed by atoms with Gasteiger partial charge < -0.3 is 18.9 Å². The van der Waals surface area contributed by atoms with Crippen LogP contribution in [0.1, 0.15) is 21.9 Å². The molecule has 4 rings (SSSR count). The van der Waals surface area contributed by atoms with Crippen LogP contribution in [-0.2, 0) is 18.9 Å². The van der Waals surface area contributed by atoms with E-state index < -0.39 is 0 Å². The summed E-state index contributed by atoms with van der Waals surface area (Å²) in [7, 11) is 19.1. The number of thiazole rings is 2. The van der Waals surface area contributed by atoms with E-state index in [1.165, 1.54) is 19.4 Å². The summed E-state index contributed by atoms with van der Waals surface area (Å²) in [6, 6.07) is 18.8. The number of methoxy groups -OCH3 is 4. The van der Waals surface area contributed by atoms with E-state index in [2.05, 4.69) is 48.5 Å². The highest BCUT2D eigenvalue weighted by Gasteiger charge is 2.21. The fourth-order valence-corrected chi connectivity index (χ4v) is 21.1. The minimum atomic E-state index is -0.153. The van der Waals surface area contributed by atoms with Crippen LogP contribution in [0.4, 0.5) is 0 Å². The lowest BCUT2D eigenvalue weighted by molar-refractivity contribution is -0.0443. The summed E-state index contributed by atoms with van der Waals surface area (Å²) in [5.41, 5.74) is 2.17. The van der Waals surface area contributed by atoms with Gasteiger partial charge in [0.1, 0.15) is 30.9 Å². The predicted molar refractivity (Wildman–Crippen MR) is 197 cm³/mol. The highest BCUT2D eigenvalue weighted by atomic mass is 33.9. The zero-order chi connectivity index (χ0) is 29.6. The maximum Gasteiger partial charge on any atom is 0.136 e. The van der Waals surface area contributed by atoms with Crippen LogP contribution in [-0.4, -0.2) is 80.8 Å². The van der Waals surface area contributed by atoms with Crippen LogP contribution in [0, 0.1) is 0 Å². The maximum absolute atomic E-state index is 5.46. The first-order valence-electron chi connectivity index (χ1n) is 12.8. The molecule has 0 N–H and O–H groups in total. The number of nitrogens with zero attached hydrogens (tertiary/aromatic N) is 2. The van der Waals surface area contributed by atoms with Crippen LogP contribution < -0.4 is 0 Å². The van der Waals surface area contributed by atoms with Gasteiger partial charge in [0.15, 0.2) is 0 Å². The van der Waals surface area contributed by atoms with E-state index in [1.807, 2.05) is 83.6 Å². The number of hydrogen-bond donors (Lipinski definition) is 0. The number of hydrogen-bond acceptors (Lipinski definition) is 14. The molecule has 0 spiro atoms. The molecule has 0 aliphatic heterocycles. The monoisotopic (exact) mass is 748 g/mol. The molecule has 16 heteroatoms. The summed E-state index contributed by atoms with van der Waals surface area (Å²) in [6.45, 7) is 0. The molecule has 42 heavy (non-hydrogen) atoms. The van der Waals surface area contributed by atoms with E-state index >= 15 is 0 Å². The Labute approximate surface area is 283 Å². The second kappa shape index (κ2) is 20.0. The maximum atomic E-state index is 5.46. The first kappa shape index (κ1) is 35.4. The lowest BCUT2D eigenvalue weighted by Gasteiger charge is -2.17. The Kier molecular flexibility index (Phi) is 16.8. The van der Waals surface area contributed by atoms with Crippen molar-refractivity contribution in [1.82, 2.24) is 9.97 Å². The standard InChI is InChI=1S/C26H32N2O4S8Si2/c1-29-25(30-2)41-15-17(23-27-19-9-5-7-11-21(19)35-23)13-33-37-39-40-38-34-14-18(16-42-26(31-3)32-4)24-28-20-10-6-8-12-22(20)36-24/h5-12,17-18,25-26H,13-16H2,1-4H3. The Morgan fingerprint density at radius 3 is 1.40 bits per heavy atom. The molecule has 0 aliphatic rings. The molecule has 4 radical (unpaired) electrons. The molecule has 0 amide bonds. The van der Waals surface area contributed by atoms with Gasteiger partial charge in [-0.2, -0.15) is 0 Å². The molecule has 0 saturated carbocycles. The first-order valence-corrected chi connectivity index (χ1v) is 24.9. The van der Waals surface area contributed by atoms with Gasteiger partial charge in [0.25, 0.3) is 0 Å². The van der Waals surface area contributed by atoms with E-state index in [0.29, 0.717) is 30.9 Å². The molecule has 2 atom stereocenters. The summed E-state index contributed by atoms with van der Waals surface area (Å²) in [5.74, 6) is 2.45. The van der Waals surface area contributed by atoms with Gasteiger partial charge in [-0.15, -0.1) is 22.7 Å². The fraction of sp³-hybridized carbons (Fsp3) is 0.462. The molecular weight excluding hydrogens is 717 g/mol. The van der Waals surface area contributed by atoms with E-state index in [0.717, 1.165) is 34.6 Å². The molecule has 0 fully saturated rings. The number of benzene rings is 2. The van der Waals surface area contributed by atoms with Crippen molar-refractivity contribution in [3.8, 4) is 0 Å². The summed E-state index contributed by atoms with van der Waals surface area (Å²) >= 11 is 3.62. The SMILES string of the molecule is COC(OC)[Si]CC(CSSSSSSCC(C[Si]C(OC)OC)c1nc2ccccc2s1)c1nc2ccccc2s1. The number of ether oxygens (including phenoxy) is 4. The topological polar surface area (TPSA) is 62.7 Å². The molecule has 6 nitrogen and oxygen atoms in total. The zero-order valence-electron chi connectivity index (χ0n) is 23.6. The highest BCUT2D eigenvalue weighted by Crippen LogP contribution is 2.54. The number of rotatable bonds is 21. The smallest absolute Gasteiger partial charge is 0.136 e. The molecule has 0 saturated heterocycles. The Morgan fingerprint density at radius 1 is 0.619 bits per heavy atom. The molecule has 2 aromatic carbocycles. The normalized spacial score (nSPS) is 13.6. The average Bonchev–Trinajstić information content (AvgIpc) is 3.65. The Hall–Kier alpha value is 0.594. The van der Waals surface area contributed by atoms with Crippen LogP contribution >= 0.6 is 83.6 Å². The Bertz CT molecular complexity index is 1160. The molecule has 226 valence electrons. The van der Waals surface area contributed by atoms with Crippen molar-refractivity contribution in [3.63, 3.8) is 0 Å². The number of fused-ring (bicyclic) bond motifs is 2. The lowest BCUT2D eigenvalue weighted by Crippen LogP contribution is -2.23. The minimum absolute atomic E-state index is 0.153.